The molecule has 90 valence electrons. The predicted molar refractivity (Wildman–Crippen MR) is 67.9 cm³/mol. The Labute approximate surface area is 97.4 Å². The van der Waals surface area contributed by atoms with Gasteiger partial charge in [0, 0.05) is 13.6 Å². The van der Waals surface area contributed by atoms with Gasteiger partial charge < -0.3 is 15.4 Å². The topological polar surface area (TPSA) is 51.4 Å². The highest BCUT2D eigenvalue weighted by molar-refractivity contribution is 5.54. The highest BCUT2D eigenvalue weighted by Gasteiger charge is 2.09. The summed E-state index contributed by atoms with van der Waals surface area (Å²) in [7, 11) is 3.61. The Morgan fingerprint density at radius 1 is 1.50 bits per heavy atom. The van der Waals surface area contributed by atoms with Gasteiger partial charge in [0.15, 0.2) is 0 Å². The number of nitrogens with zero attached hydrogens (tertiary/aromatic N) is 2. The quantitative estimate of drug-likeness (QED) is 0.831. The number of nitrogens with two attached hydrogens (primary N) is 1. The van der Waals surface area contributed by atoms with Crippen molar-refractivity contribution in [1.29, 1.82) is 0 Å². The zero-order valence-corrected chi connectivity index (χ0v) is 10.5. The second-order valence-electron chi connectivity index (χ2n) is 4.16. The SMILES string of the molecule is CCC(C)CN(C)c1ccc(N)c(OC)n1. The largest absolute Gasteiger partial charge is 0.479 e. The summed E-state index contributed by atoms with van der Waals surface area (Å²) in [4.78, 5) is 6.48. The van der Waals surface area contributed by atoms with Crippen LogP contribution in [0.2, 0.25) is 0 Å². The van der Waals surface area contributed by atoms with Crippen LogP contribution < -0.4 is 15.4 Å². The third-order valence-electron chi connectivity index (χ3n) is 2.74. The van der Waals surface area contributed by atoms with Crippen LogP contribution in [-0.2, 0) is 0 Å². The smallest absolute Gasteiger partial charge is 0.238 e. The molecule has 0 spiro atoms. The van der Waals surface area contributed by atoms with E-state index >= 15 is 0 Å². The molecule has 4 heteroatoms. The van der Waals surface area contributed by atoms with Crippen molar-refractivity contribution in [3.8, 4) is 5.88 Å². The maximum Gasteiger partial charge on any atom is 0.238 e. The monoisotopic (exact) mass is 223 g/mol. The van der Waals surface area contributed by atoms with Gasteiger partial charge in [0.05, 0.1) is 12.8 Å². The molecule has 1 heterocycles. The molecule has 16 heavy (non-hydrogen) atoms. The van der Waals surface area contributed by atoms with Gasteiger partial charge in [-0.25, -0.2) is 0 Å². The standard InChI is InChI=1S/C12H21N3O/c1-5-9(2)8-15(3)11-7-6-10(13)12(14-11)16-4/h6-7,9H,5,8,13H2,1-4H3. The second-order valence-corrected chi connectivity index (χ2v) is 4.16. The van der Waals surface area contributed by atoms with Crippen molar-refractivity contribution in [3.63, 3.8) is 0 Å². The lowest BCUT2D eigenvalue weighted by Gasteiger charge is -2.22. The van der Waals surface area contributed by atoms with Gasteiger partial charge >= 0.3 is 0 Å². The third kappa shape index (κ3) is 3.02. The molecule has 1 rings (SSSR count). The van der Waals surface area contributed by atoms with Crippen molar-refractivity contribution in [3.05, 3.63) is 12.1 Å². The zero-order chi connectivity index (χ0) is 12.1. The summed E-state index contributed by atoms with van der Waals surface area (Å²) in [6.45, 7) is 5.40. The van der Waals surface area contributed by atoms with Crippen LogP contribution in [0.3, 0.4) is 0 Å². The number of rotatable bonds is 5. The maximum absolute atomic E-state index is 5.72. The number of methoxy groups -OCH3 is 1. The molecule has 0 saturated carbocycles. The van der Waals surface area contributed by atoms with Crippen LogP contribution in [-0.4, -0.2) is 25.7 Å². The molecule has 2 N–H and O–H groups in total. The zero-order valence-electron chi connectivity index (χ0n) is 10.5. The molecule has 0 aliphatic rings. The Bertz CT molecular complexity index is 341. The van der Waals surface area contributed by atoms with E-state index in [-0.39, 0.29) is 0 Å². The van der Waals surface area contributed by atoms with Gasteiger partial charge in [-0.1, -0.05) is 20.3 Å². The van der Waals surface area contributed by atoms with E-state index in [1.807, 2.05) is 19.2 Å². The molecule has 0 fully saturated rings. The lowest BCUT2D eigenvalue weighted by atomic mass is 10.1. The van der Waals surface area contributed by atoms with Gasteiger partial charge in [-0.15, -0.1) is 0 Å². The Balaban J connectivity index is 2.79. The molecule has 0 aliphatic heterocycles. The van der Waals surface area contributed by atoms with Gasteiger partial charge in [0.1, 0.15) is 5.82 Å². The first-order chi connectivity index (χ1) is 7.58. The van der Waals surface area contributed by atoms with Crippen molar-refractivity contribution in [2.45, 2.75) is 20.3 Å². The second kappa shape index (κ2) is 5.58. The summed E-state index contributed by atoms with van der Waals surface area (Å²) in [6.07, 6.45) is 1.16. The first-order valence-corrected chi connectivity index (χ1v) is 5.60. The Morgan fingerprint density at radius 3 is 2.75 bits per heavy atom. The summed E-state index contributed by atoms with van der Waals surface area (Å²) < 4.78 is 5.10. The molecular weight excluding hydrogens is 202 g/mol. The van der Waals surface area contributed by atoms with E-state index < -0.39 is 0 Å². The van der Waals surface area contributed by atoms with E-state index in [4.69, 9.17) is 10.5 Å². The molecule has 0 amide bonds. The van der Waals surface area contributed by atoms with E-state index in [0.29, 0.717) is 17.5 Å². The maximum atomic E-state index is 5.72. The summed E-state index contributed by atoms with van der Waals surface area (Å²) in [6, 6.07) is 3.74. The van der Waals surface area contributed by atoms with Crippen molar-refractivity contribution < 1.29 is 4.74 Å². The average Bonchev–Trinajstić information content (AvgIpc) is 2.29. The minimum atomic E-state index is 0.494. The van der Waals surface area contributed by atoms with Crippen LogP contribution in [0.15, 0.2) is 12.1 Å². The first kappa shape index (κ1) is 12.6. The molecule has 0 aromatic carbocycles. The van der Waals surface area contributed by atoms with E-state index in [1.165, 1.54) is 0 Å². The van der Waals surface area contributed by atoms with E-state index in [0.717, 1.165) is 18.8 Å². The fourth-order valence-electron chi connectivity index (χ4n) is 1.51. The summed E-state index contributed by atoms with van der Waals surface area (Å²) in [5, 5.41) is 0. The summed E-state index contributed by atoms with van der Waals surface area (Å²) in [5.74, 6) is 2.04. The van der Waals surface area contributed by atoms with Gasteiger partial charge in [0.2, 0.25) is 5.88 Å². The van der Waals surface area contributed by atoms with E-state index in [1.54, 1.807) is 7.11 Å². The minimum Gasteiger partial charge on any atom is -0.479 e. The first-order valence-electron chi connectivity index (χ1n) is 5.60. The van der Waals surface area contributed by atoms with Crippen LogP contribution >= 0.6 is 0 Å². The van der Waals surface area contributed by atoms with Crippen LogP contribution in [0, 0.1) is 5.92 Å². The van der Waals surface area contributed by atoms with Crippen LogP contribution in [0.4, 0.5) is 11.5 Å². The molecule has 1 atom stereocenters. The van der Waals surface area contributed by atoms with Gasteiger partial charge in [0.25, 0.3) is 0 Å². The normalized spacial score (nSPS) is 12.2. The van der Waals surface area contributed by atoms with Crippen molar-refractivity contribution in [2.24, 2.45) is 5.92 Å². The van der Waals surface area contributed by atoms with Crippen LogP contribution in [0.1, 0.15) is 20.3 Å². The van der Waals surface area contributed by atoms with Crippen molar-refractivity contribution in [1.82, 2.24) is 4.98 Å². The highest BCUT2D eigenvalue weighted by Crippen LogP contribution is 2.22. The number of ether oxygens (including phenoxy) is 1. The number of hydrogen-bond acceptors (Lipinski definition) is 4. The van der Waals surface area contributed by atoms with Gasteiger partial charge in [-0.3, -0.25) is 0 Å². The third-order valence-corrected chi connectivity index (χ3v) is 2.74. The van der Waals surface area contributed by atoms with Crippen LogP contribution in [0.5, 0.6) is 5.88 Å². The van der Waals surface area contributed by atoms with Crippen LogP contribution in [0.25, 0.3) is 0 Å². The molecular formula is C12H21N3O. The van der Waals surface area contributed by atoms with Crippen molar-refractivity contribution >= 4 is 11.5 Å². The van der Waals surface area contributed by atoms with E-state index in [9.17, 15) is 0 Å². The Morgan fingerprint density at radius 2 is 2.19 bits per heavy atom. The number of nitrogen functional groups attached to an aromatic ring is 1. The van der Waals surface area contributed by atoms with E-state index in [2.05, 4.69) is 23.7 Å². The van der Waals surface area contributed by atoms with Gasteiger partial charge in [-0.2, -0.15) is 4.98 Å². The summed E-state index contributed by atoms with van der Waals surface area (Å²) >= 11 is 0. The Kier molecular flexibility index (Phi) is 4.40. The minimum absolute atomic E-state index is 0.494. The molecule has 4 nitrogen and oxygen atoms in total. The molecule has 1 aromatic heterocycles. The van der Waals surface area contributed by atoms with Gasteiger partial charge in [-0.05, 0) is 18.1 Å². The molecule has 0 saturated heterocycles. The lowest BCUT2D eigenvalue weighted by molar-refractivity contribution is 0.400. The average molecular weight is 223 g/mol. The molecule has 0 bridgehead atoms. The van der Waals surface area contributed by atoms with Crippen molar-refractivity contribution in [2.75, 3.05) is 31.3 Å². The predicted octanol–water partition coefficient (Wildman–Crippen LogP) is 2.15. The number of anilines is 2. The number of pyridine rings is 1. The molecule has 1 unspecified atom stereocenters. The highest BCUT2D eigenvalue weighted by atomic mass is 16.5. The number of hydrogen-bond donors (Lipinski definition) is 1. The number of aromatic nitrogens is 1. The fourth-order valence-corrected chi connectivity index (χ4v) is 1.51. The molecule has 0 radical (unpaired) electrons. The fraction of sp³-hybridized carbons (Fsp3) is 0.583. The molecule has 0 aliphatic carbocycles. The summed E-state index contributed by atoms with van der Waals surface area (Å²) in [5.41, 5.74) is 6.29. The lowest BCUT2D eigenvalue weighted by Crippen LogP contribution is -2.24. The Hall–Kier alpha value is -1.45. The molecule has 1 aromatic rings.